The molecule has 4 rings (SSSR count). The van der Waals surface area contributed by atoms with Crippen molar-refractivity contribution in [2.75, 3.05) is 24.5 Å². The highest BCUT2D eigenvalue weighted by molar-refractivity contribution is 5.98. The maximum Gasteiger partial charge on any atom is 0.416 e. The molecule has 0 saturated carbocycles. The molecule has 2 aromatic rings. The lowest BCUT2D eigenvalue weighted by molar-refractivity contribution is -0.137. The number of fused-ring (bicyclic) bond motifs is 1. The minimum absolute atomic E-state index is 0.129. The van der Waals surface area contributed by atoms with E-state index in [1.54, 1.807) is 15.9 Å². The highest BCUT2D eigenvalue weighted by Crippen LogP contribution is 2.36. The minimum atomic E-state index is -4.40. The molecular weight excluding hydrogens is 385 g/mol. The minimum Gasteiger partial charge on any atom is -0.472 e. The maximum atomic E-state index is 13.2. The number of hydrogen-bond donors (Lipinski definition) is 0. The first kappa shape index (κ1) is 19.5. The van der Waals surface area contributed by atoms with E-state index < -0.39 is 11.7 Å². The Bertz CT molecular complexity index is 908. The quantitative estimate of drug-likeness (QED) is 0.754. The number of alkyl halides is 3. The number of amides is 2. The Morgan fingerprint density at radius 2 is 1.93 bits per heavy atom. The molecule has 2 aliphatic heterocycles. The molecule has 1 atom stereocenters. The van der Waals surface area contributed by atoms with Crippen LogP contribution in [0.25, 0.3) is 0 Å². The molecule has 1 fully saturated rings. The second kappa shape index (κ2) is 7.57. The number of anilines is 1. The van der Waals surface area contributed by atoms with Crippen LogP contribution in [-0.4, -0.2) is 36.3 Å². The predicted molar refractivity (Wildman–Crippen MR) is 99.5 cm³/mol. The van der Waals surface area contributed by atoms with E-state index >= 15 is 0 Å². The van der Waals surface area contributed by atoms with Gasteiger partial charge in [-0.15, -0.1) is 0 Å². The summed E-state index contributed by atoms with van der Waals surface area (Å²) in [6.45, 7) is 1.35. The largest absolute Gasteiger partial charge is 0.472 e. The van der Waals surface area contributed by atoms with Gasteiger partial charge in [-0.2, -0.15) is 13.2 Å². The zero-order valence-electron chi connectivity index (χ0n) is 15.7. The van der Waals surface area contributed by atoms with Crippen molar-refractivity contribution < 1.29 is 27.2 Å². The van der Waals surface area contributed by atoms with E-state index in [0.29, 0.717) is 62.1 Å². The average molecular weight is 406 g/mol. The van der Waals surface area contributed by atoms with E-state index in [9.17, 15) is 22.8 Å². The topological polar surface area (TPSA) is 53.8 Å². The van der Waals surface area contributed by atoms with E-state index in [4.69, 9.17) is 4.42 Å². The van der Waals surface area contributed by atoms with Crippen LogP contribution in [0, 0.1) is 5.92 Å². The van der Waals surface area contributed by atoms with E-state index in [1.165, 1.54) is 18.6 Å². The molecule has 29 heavy (non-hydrogen) atoms. The maximum absolute atomic E-state index is 13.2. The van der Waals surface area contributed by atoms with Crippen molar-refractivity contribution in [1.29, 1.82) is 0 Å². The molecule has 0 radical (unpaired) electrons. The summed E-state index contributed by atoms with van der Waals surface area (Å²) in [6, 6.07) is 5.16. The van der Waals surface area contributed by atoms with Gasteiger partial charge in [0.15, 0.2) is 0 Å². The first-order chi connectivity index (χ1) is 13.8. The number of nitrogens with zero attached hydrogens (tertiary/aromatic N) is 2. The summed E-state index contributed by atoms with van der Waals surface area (Å²) in [6.07, 6.45) is 0.891. The van der Waals surface area contributed by atoms with E-state index in [1.807, 2.05) is 0 Å². The van der Waals surface area contributed by atoms with Crippen LogP contribution in [-0.2, 0) is 17.4 Å². The molecule has 0 spiro atoms. The van der Waals surface area contributed by atoms with Crippen LogP contribution in [0.3, 0.4) is 0 Å². The summed E-state index contributed by atoms with van der Waals surface area (Å²) in [5.41, 5.74) is 0.843. The number of carbonyl (C=O) groups excluding carboxylic acids is 2. The molecule has 1 unspecified atom stereocenters. The number of furan rings is 1. The van der Waals surface area contributed by atoms with Gasteiger partial charge in [0.25, 0.3) is 5.91 Å². The van der Waals surface area contributed by atoms with Crippen LogP contribution in [0.15, 0.2) is 41.2 Å². The van der Waals surface area contributed by atoms with Gasteiger partial charge in [0.1, 0.15) is 6.26 Å². The van der Waals surface area contributed by atoms with Gasteiger partial charge in [0, 0.05) is 25.3 Å². The lowest BCUT2D eigenvalue weighted by atomic mass is 9.93. The van der Waals surface area contributed by atoms with Crippen LogP contribution in [0.1, 0.15) is 40.7 Å². The number of hydrogen-bond acceptors (Lipinski definition) is 3. The van der Waals surface area contributed by atoms with Crippen LogP contribution in [0.5, 0.6) is 0 Å². The molecule has 154 valence electrons. The van der Waals surface area contributed by atoms with Gasteiger partial charge in [-0.3, -0.25) is 9.59 Å². The van der Waals surface area contributed by atoms with Crippen molar-refractivity contribution >= 4 is 17.5 Å². The summed E-state index contributed by atoms with van der Waals surface area (Å²) in [4.78, 5) is 29.0. The third-order valence-corrected chi connectivity index (χ3v) is 5.62. The number of likely N-dealkylation sites (tertiary alicyclic amines) is 1. The van der Waals surface area contributed by atoms with Gasteiger partial charge < -0.3 is 14.2 Å². The van der Waals surface area contributed by atoms with Crippen LogP contribution < -0.4 is 4.90 Å². The number of halogens is 3. The summed E-state index contributed by atoms with van der Waals surface area (Å²) >= 11 is 0. The lowest BCUT2D eigenvalue weighted by Gasteiger charge is -2.37. The molecule has 5 nitrogen and oxygen atoms in total. The molecule has 0 aliphatic carbocycles. The summed E-state index contributed by atoms with van der Waals surface area (Å²) < 4.78 is 44.0. The van der Waals surface area contributed by atoms with E-state index in [0.717, 1.165) is 12.1 Å². The van der Waals surface area contributed by atoms with Gasteiger partial charge in [-0.25, -0.2) is 0 Å². The number of benzene rings is 1. The fourth-order valence-corrected chi connectivity index (χ4v) is 4.15. The van der Waals surface area contributed by atoms with Crippen molar-refractivity contribution in [2.45, 2.75) is 31.9 Å². The highest BCUT2D eigenvalue weighted by Gasteiger charge is 2.36. The molecule has 2 aliphatic rings. The third kappa shape index (κ3) is 3.88. The van der Waals surface area contributed by atoms with E-state index in [2.05, 4.69) is 0 Å². The number of aryl methyl sites for hydroxylation is 1. The van der Waals surface area contributed by atoms with Gasteiger partial charge >= 0.3 is 6.18 Å². The van der Waals surface area contributed by atoms with Gasteiger partial charge in [0.05, 0.1) is 23.3 Å². The molecule has 0 bridgehead atoms. The lowest BCUT2D eigenvalue weighted by Crippen LogP contribution is -2.48. The van der Waals surface area contributed by atoms with E-state index in [-0.39, 0.29) is 17.7 Å². The predicted octanol–water partition coefficient (Wildman–Crippen LogP) is 4.13. The number of piperidine rings is 1. The monoisotopic (exact) mass is 406 g/mol. The molecule has 1 aromatic heterocycles. The smallest absolute Gasteiger partial charge is 0.416 e. The highest BCUT2D eigenvalue weighted by atomic mass is 19.4. The zero-order valence-corrected chi connectivity index (χ0v) is 15.7. The van der Waals surface area contributed by atoms with Crippen molar-refractivity contribution in [3.63, 3.8) is 0 Å². The van der Waals surface area contributed by atoms with Crippen molar-refractivity contribution in [3.8, 4) is 0 Å². The Labute approximate surface area is 166 Å². The molecule has 1 aromatic carbocycles. The number of rotatable bonds is 2. The molecule has 8 heteroatoms. The second-order valence-corrected chi connectivity index (χ2v) is 7.54. The van der Waals surface area contributed by atoms with Crippen LogP contribution >= 0.6 is 0 Å². The van der Waals surface area contributed by atoms with Gasteiger partial charge in [-0.1, -0.05) is 0 Å². The van der Waals surface area contributed by atoms with Crippen LogP contribution in [0.2, 0.25) is 0 Å². The third-order valence-electron chi connectivity index (χ3n) is 5.62. The molecule has 1 saturated heterocycles. The van der Waals surface area contributed by atoms with Gasteiger partial charge in [-0.05, 0) is 55.5 Å². The molecule has 0 N–H and O–H groups in total. The SMILES string of the molecule is O=C(c1ccoc1)N1CCCC(C(=O)N2CCCc3cc(C(F)(F)F)ccc32)C1. The Morgan fingerprint density at radius 3 is 2.66 bits per heavy atom. The Kier molecular flexibility index (Phi) is 5.10. The Hall–Kier alpha value is -2.77. The molecule has 3 heterocycles. The Balaban J connectivity index is 1.52. The summed E-state index contributed by atoms with van der Waals surface area (Å²) in [5.74, 6) is -0.673. The first-order valence-corrected chi connectivity index (χ1v) is 9.67. The van der Waals surface area contributed by atoms with Gasteiger partial charge in [0.2, 0.25) is 5.91 Å². The fraction of sp³-hybridized carbons (Fsp3) is 0.429. The second-order valence-electron chi connectivity index (χ2n) is 7.54. The molecular formula is C21H21F3N2O3. The zero-order chi connectivity index (χ0) is 20.6. The van der Waals surface area contributed by atoms with Crippen LogP contribution in [0.4, 0.5) is 18.9 Å². The summed E-state index contributed by atoms with van der Waals surface area (Å²) in [5, 5.41) is 0. The first-order valence-electron chi connectivity index (χ1n) is 9.67. The van der Waals surface area contributed by atoms with Crippen molar-refractivity contribution in [2.24, 2.45) is 5.92 Å². The normalized spacial score (nSPS) is 19.8. The average Bonchev–Trinajstić information content (AvgIpc) is 3.26. The molecule has 2 amide bonds. The standard InChI is InChI=1S/C21H21F3N2O3/c22-21(23,24)17-5-6-18-14(11-17)3-2-9-26(18)20(28)15-4-1-8-25(12-15)19(27)16-7-10-29-13-16/h5-7,10-11,13,15H,1-4,8-9,12H2. The summed E-state index contributed by atoms with van der Waals surface area (Å²) in [7, 11) is 0. The Morgan fingerprint density at radius 1 is 1.10 bits per heavy atom. The number of carbonyl (C=O) groups is 2. The van der Waals surface area contributed by atoms with Crippen molar-refractivity contribution in [1.82, 2.24) is 4.90 Å². The fourth-order valence-electron chi connectivity index (χ4n) is 4.15. The van der Waals surface area contributed by atoms with Crippen molar-refractivity contribution in [3.05, 3.63) is 53.5 Å².